The number of anilines is 3. The Morgan fingerprint density at radius 1 is 1.41 bits per heavy atom. The van der Waals surface area contributed by atoms with Crippen molar-refractivity contribution in [2.75, 3.05) is 35.6 Å². The first kappa shape index (κ1) is 11.7. The van der Waals surface area contributed by atoms with Crippen LogP contribution in [0.4, 0.5) is 17.1 Å². The van der Waals surface area contributed by atoms with Crippen molar-refractivity contribution in [3.63, 3.8) is 0 Å². The van der Waals surface area contributed by atoms with Crippen molar-refractivity contribution in [3.05, 3.63) is 18.2 Å². The van der Waals surface area contributed by atoms with Gasteiger partial charge in [-0.05, 0) is 18.2 Å². The van der Waals surface area contributed by atoms with E-state index in [1.165, 1.54) is 0 Å². The number of aliphatic hydroxyl groups is 2. The van der Waals surface area contributed by atoms with Gasteiger partial charge in [0.05, 0.1) is 30.6 Å². The Morgan fingerprint density at radius 3 is 3.00 bits per heavy atom. The summed E-state index contributed by atoms with van der Waals surface area (Å²) in [5, 5.41) is 26.6. The van der Waals surface area contributed by atoms with Crippen molar-refractivity contribution in [1.82, 2.24) is 0 Å². The number of rotatable bonds is 4. The topological polar surface area (TPSA) is 93.6 Å². The van der Waals surface area contributed by atoms with Gasteiger partial charge in [0, 0.05) is 12.2 Å². The molecule has 17 heavy (non-hydrogen) atoms. The number of carbonyl (C=O) groups excluding carboxylic acids is 1. The molecule has 0 bridgehead atoms. The molecule has 6 nitrogen and oxygen atoms in total. The lowest BCUT2D eigenvalue weighted by molar-refractivity contribution is -0.114. The first-order chi connectivity index (χ1) is 8.19. The zero-order valence-corrected chi connectivity index (χ0v) is 9.23. The van der Waals surface area contributed by atoms with E-state index in [-0.39, 0.29) is 25.6 Å². The molecule has 1 aliphatic heterocycles. The Kier molecular flexibility index (Phi) is 3.46. The molecular formula is C11H15N3O3. The zero-order chi connectivity index (χ0) is 12.3. The van der Waals surface area contributed by atoms with Crippen LogP contribution in [0.2, 0.25) is 0 Å². The Morgan fingerprint density at radius 2 is 2.24 bits per heavy atom. The van der Waals surface area contributed by atoms with E-state index in [0.717, 1.165) is 11.4 Å². The van der Waals surface area contributed by atoms with Crippen LogP contribution in [0.5, 0.6) is 0 Å². The number of hydrogen-bond acceptors (Lipinski definition) is 5. The smallest absolute Gasteiger partial charge is 0.243 e. The molecule has 0 fully saturated rings. The highest BCUT2D eigenvalue weighted by atomic mass is 16.3. The van der Waals surface area contributed by atoms with E-state index < -0.39 is 6.10 Å². The number of amides is 1. The summed E-state index contributed by atoms with van der Waals surface area (Å²) in [4.78, 5) is 11.2. The largest absolute Gasteiger partial charge is 0.394 e. The first-order valence-electron chi connectivity index (χ1n) is 5.39. The van der Waals surface area contributed by atoms with Gasteiger partial charge in [0.1, 0.15) is 0 Å². The van der Waals surface area contributed by atoms with Crippen LogP contribution >= 0.6 is 0 Å². The molecule has 1 unspecified atom stereocenters. The quantitative estimate of drug-likeness (QED) is 0.500. The Balaban J connectivity index is 2.05. The summed E-state index contributed by atoms with van der Waals surface area (Å²) in [7, 11) is 0. The average molecular weight is 237 g/mol. The molecule has 1 aromatic carbocycles. The van der Waals surface area contributed by atoms with E-state index in [9.17, 15) is 9.90 Å². The third-order valence-corrected chi connectivity index (χ3v) is 2.49. The second kappa shape index (κ2) is 5.03. The van der Waals surface area contributed by atoms with E-state index in [1.807, 2.05) is 12.1 Å². The summed E-state index contributed by atoms with van der Waals surface area (Å²) in [6.07, 6.45) is -0.793. The Labute approximate surface area is 98.6 Å². The fourth-order valence-electron chi connectivity index (χ4n) is 1.58. The van der Waals surface area contributed by atoms with Gasteiger partial charge < -0.3 is 26.2 Å². The highest BCUT2D eigenvalue weighted by molar-refractivity contribution is 6.01. The highest BCUT2D eigenvalue weighted by Gasteiger charge is 2.13. The van der Waals surface area contributed by atoms with Gasteiger partial charge in [0.25, 0.3) is 0 Å². The standard InChI is InChI=1S/C11H15N3O3/c15-6-8(16)4-12-7-1-2-9-10(3-7)14-11(17)5-13-9/h1-3,8,12-13,15-16H,4-6H2,(H,14,17). The lowest BCUT2D eigenvalue weighted by Crippen LogP contribution is -2.27. The monoisotopic (exact) mass is 237 g/mol. The fraction of sp³-hybridized carbons (Fsp3) is 0.364. The molecule has 0 spiro atoms. The fourth-order valence-corrected chi connectivity index (χ4v) is 1.58. The van der Waals surface area contributed by atoms with E-state index in [1.54, 1.807) is 6.07 Å². The van der Waals surface area contributed by atoms with Crippen LogP contribution in [0, 0.1) is 0 Å². The summed E-state index contributed by atoms with van der Waals surface area (Å²) in [5.74, 6) is -0.0787. The zero-order valence-electron chi connectivity index (χ0n) is 9.23. The third-order valence-electron chi connectivity index (χ3n) is 2.49. The summed E-state index contributed by atoms with van der Waals surface area (Å²) in [6.45, 7) is 0.260. The molecule has 2 rings (SSSR count). The molecule has 1 aromatic rings. The molecule has 0 radical (unpaired) electrons. The number of carbonyl (C=O) groups is 1. The van der Waals surface area contributed by atoms with Gasteiger partial charge in [0.15, 0.2) is 0 Å². The van der Waals surface area contributed by atoms with Crippen LogP contribution in [0.3, 0.4) is 0 Å². The van der Waals surface area contributed by atoms with Crippen LogP contribution in [0.25, 0.3) is 0 Å². The normalized spacial score (nSPS) is 15.5. The van der Waals surface area contributed by atoms with Crippen LogP contribution in [-0.4, -0.2) is 41.9 Å². The van der Waals surface area contributed by atoms with Gasteiger partial charge in [0.2, 0.25) is 5.91 Å². The van der Waals surface area contributed by atoms with Gasteiger partial charge in [-0.25, -0.2) is 0 Å². The average Bonchev–Trinajstić information content (AvgIpc) is 2.35. The van der Waals surface area contributed by atoms with E-state index >= 15 is 0 Å². The highest BCUT2D eigenvalue weighted by Crippen LogP contribution is 2.27. The molecule has 92 valence electrons. The van der Waals surface area contributed by atoms with Crippen molar-refractivity contribution in [3.8, 4) is 0 Å². The van der Waals surface area contributed by atoms with Crippen molar-refractivity contribution in [1.29, 1.82) is 0 Å². The van der Waals surface area contributed by atoms with Crippen LogP contribution in [0.1, 0.15) is 0 Å². The molecule has 0 aliphatic carbocycles. The summed E-state index contributed by atoms with van der Waals surface area (Å²) < 4.78 is 0. The maximum atomic E-state index is 11.2. The molecule has 1 aliphatic rings. The van der Waals surface area contributed by atoms with Gasteiger partial charge >= 0.3 is 0 Å². The van der Waals surface area contributed by atoms with Crippen molar-refractivity contribution in [2.24, 2.45) is 0 Å². The first-order valence-corrected chi connectivity index (χ1v) is 5.39. The molecule has 1 atom stereocenters. The molecule has 1 amide bonds. The molecule has 6 heteroatoms. The minimum absolute atomic E-state index is 0.0787. The minimum Gasteiger partial charge on any atom is -0.394 e. The molecule has 0 aromatic heterocycles. The SMILES string of the molecule is O=C1CNc2ccc(NCC(O)CO)cc2N1. The number of nitrogens with one attached hydrogen (secondary N) is 3. The second-order valence-electron chi connectivity index (χ2n) is 3.88. The molecule has 5 N–H and O–H groups in total. The Hall–Kier alpha value is -1.79. The van der Waals surface area contributed by atoms with Crippen LogP contribution in [-0.2, 0) is 4.79 Å². The minimum atomic E-state index is -0.793. The van der Waals surface area contributed by atoms with E-state index in [4.69, 9.17) is 5.11 Å². The Bertz CT molecular complexity index is 422. The number of hydrogen-bond donors (Lipinski definition) is 5. The van der Waals surface area contributed by atoms with Gasteiger partial charge in [-0.15, -0.1) is 0 Å². The second-order valence-corrected chi connectivity index (χ2v) is 3.88. The summed E-state index contributed by atoms with van der Waals surface area (Å²) in [6, 6.07) is 5.47. The maximum Gasteiger partial charge on any atom is 0.243 e. The van der Waals surface area contributed by atoms with E-state index in [2.05, 4.69) is 16.0 Å². The molecule has 1 heterocycles. The van der Waals surface area contributed by atoms with Gasteiger partial charge in [-0.1, -0.05) is 0 Å². The van der Waals surface area contributed by atoms with Crippen LogP contribution < -0.4 is 16.0 Å². The number of aliphatic hydroxyl groups excluding tert-OH is 2. The van der Waals surface area contributed by atoms with Crippen molar-refractivity contribution < 1.29 is 15.0 Å². The van der Waals surface area contributed by atoms with Gasteiger partial charge in [-0.2, -0.15) is 0 Å². The lowest BCUT2D eigenvalue weighted by atomic mass is 10.2. The van der Waals surface area contributed by atoms with Gasteiger partial charge in [-0.3, -0.25) is 4.79 Å². The van der Waals surface area contributed by atoms with Crippen molar-refractivity contribution in [2.45, 2.75) is 6.10 Å². The predicted octanol–water partition coefficient (Wildman–Crippen LogP) is -0.184. The van der Waals surface area contributed by atoms with Crippen LogP contribution in [0.15, 0.2) is 18.2 Å². The molecule has 0 saturated carbocycles. The molecular weight excluding hydrogens is 222 g/mol. The lowest BCUT2D eigenvalue weighted by Gasteiger charge is -2.20. The van der Waals surface area contributed by atoms with Crippen molar-refractivity contribution >= 4 is 23.0 Å². The summed E-state index contributed by atoms with van der Waals surface area (Å²) in [5.41, 5.74) is 2.36. The number of fused-ring (bicyclic) bond motifs is 1. The summed E-state index contributed by atoms with van der Waals surface area (Å²) >= 11 is 0. The third kappa shape index (κ3) is 2.86. The van der Waals surface area contributed by atoms with E-state index in [0.29, 0.717) is 5.69 Å². The predicted molar refractivity (Wildman–Crippen MR) is 65.1 cm³/mol. The molecule has 0 saturated heterocycles. The number of benzene rings is 1. The maximum absolute atomic E-state index is 11.2.